The van der Waals surface area contributed by atoms with E-state index in [0.717, 1.165) is 0 Å². The van der Waals surface area contributed by atoms with Crippen molar-refractivity contribution in [3.05, 3.63) is 26.7 Å². The molecule has 0 bridgehead atoms. The maximum Gasteiger partial charge on any atom is 0.329 e. The van der Waals surface area contributed by atoms with E-state index in [-0.39, 0.29) is 23.6 Å². The van der Waals surface area contributed by atoms with Gasteiger partial charge in [0.2, 0.25) is 5.91 Å². The summed E-state index contributed by atoms with van der Waals surface area (Å²) in [7, 11) is 1.53. The fourth-order valence-corrected chi connectivity index (χ4v) is 2.08. The molecule has 24 heavy (non-hydrogen) atoms. The fourth-order valence-electron chi connectivity index (χ4n) is 2.08. The number of hydrogen-bond acceptors (Lipinski definition) is 4. The van der Waals surface area contributed by atoms with Crippen molar-refractivity contribution in [1.29, 1.82) is 0 Å². The third kappa shape index (κ3) is 3.55. The van der Waals surface area contributed by atoms with Crippen LogP contribution in [-0.4, -0.2) is 31.6 Å². The van der Waals surface area contributed by atoms with Gasteiger partial charge in [-0.05, 0) is 12.8 Å². The van der Waals surface area contributed by atoms with Gasteiger partial charge in [0, 0.05) is 26.9 Å². The number of aryl methyl sites for hydroxylation is 1. The summed E-state index contributed by atoms with van der Waals surface area (Å²) in [5.41, 5.74) is -0.549. The quantitative estimate of drug-likeness (QED) is 0.576. The molecule has 2 N–H and O–H groups in total. The van der Waals surface area contributed by atoms with Gasteiger partial charge in [0.25, 0.3) is 5.56 Å². The number of aromatic nitrogens is 4. The van der Waals surface area contributed by atoms with E-state index in [1.54, 1.807) is 11.5 Å². The lowest BCUT2D eigenvalue weighted by Gasteiger charge is -2.00. The maximum atomic E-state index is 12.1. The lowest BCUT2D eigenvalue weighted by atomic mass is 10.4. The molecule has 0 aromatic carbocycles. The zero-order valence-corrected chi connectivity index (χ0v) is 13.7. The molecule has 2 rings (SSSR count). The van der Waals surface area contributed by atoms with Crippen LogP contribution in [0, 0.1) is 23.7 Å². The predicted octanol–water partition coefficient (Wildman–Crippen LogP) is -0.676. The van der Waals surface area contributed by atoms with Crippen LogP contribution >= 0.6 is 0 Å². The van der Waals surface area contributed by atoms with E-state index in [2.05, 4.69) is 39.0 Å². The maximum absolute atomic E-state index is 12.1. The number of rotatable bonds is 3. The molecule has 2 heterocycles. The van der Waals surface area contributed by atoms with Crippen LogP contribution < -0.4 is 16.6 Å². The Labute approximate surface area is 137 Å². The topological polar surface area (TPSA) is 102 Å². The molecule has 0 spiro atoms. The summed E-state index contributed by atoms with van der Waals surface area (Å²) in [5, 5.41) is 2.64. The number of nitrogens with one attached hydrogen (secondary N) is 2. The molecular weight excluding hydrogens is 310 g/mol. The van der Waals surface area contributed by atoms with Gasteiger partial charge in [0.1, 0.15) is 0 Å². The molecule has 0 aliphatic carbocycles. The van der Waals surface area contributed by atoms with E-state index in [0.29, 0.717) is 18.8 Å². The van der Waals surface area contributed by atoms with E-state index in [1.807, 2.05) is 0 Å². The molecule has 1 amide bonds. The first-order valence-corrected chi connectivity index (χ1v) is 7.28. The van der Waals surface area contributed by atoms with Gasteiger partial charge in [-0.15, -0.1) is 5.92 Å². The van der Waals surface area contributed by atoms with Crippen molar-refractivity contribution < 1.29 is 4.79 Å². The highest BCUT2D eigenvalue weighted by Gasteiger charge is 2.15. The van der Waals surface area contributed by atoms with Gasteiger partial charge in [-0.3, -0.25) is 23.7 Å². The van der Waals surface area contributed by atoms with Crippen molar-refractivity contribution in [1.82, 2.24) is 24.4 Å². The standard InChI is InChI=1S/C16H17N5O3/c1-4-5-10-21-12(8-6-7-9-17-11(2)22)18-14-13(21)15(23)19-16(24)20(14)3/h7,9-10H2,1-3H3,(H,17,22)(H,19,23,24). The van der Waals surface area contributed by atoms with Gasteiger partial charge in [0.15, 0.2) is 17.0 Å². The molecule has 2 aromatic heterocycles. The minimum atomic E-state index is -0.538. The Bertz CT molecular complexity index is 1020. The number of amides is 1. The number of fused-ring (bicyclic) bond motifs is 1. The van der Waals surface area contributed by atoms with Gasteiger partial charge in [-0.2, -0.15) is 0 Å². The van der Waals surface area contributed by atoms with Gasteiger partial charge < -0.3 is 5.32 Å². The molecule has 0 aliphatic heterocycles. The van der Waals surface area contributed by atoms with Crippen molar-refractivity contribution in [2.24, 2.45) is 7.05 Å². The zero-order chi connectivity index (χ0) is 17.7. The van der Waals surface area contributed by atoms with Crippen molar-refractivity contribution in [2.75, 3.05) is 6.54 Å². The minimum Gasteiger partial charge on any atom is -0.355 e. The van der Waals surface area contributed by atoms with Crippen LogP contribution in [0.15, 0.2) is 9.59 Å². The molecule has 2 aromatic rings. The molecule has 0 aliphatic rings. The number of carbonyl (C=O) groups is 1. The summed E-state index contributed by atoms with van der Waals surface area (Å²) in [4.78, 5) is 41.2. The van der Waals surface area contributed by atoms with Gasteiger partial charge in [-0.1, -0.05) is 11.8 Å². The van der Waals surface area contributed by atoms with Gasteiger partial charge in [-0.25, -0.2) is 9.78 Å². The number of imidazole rings is 1. The molecule has 0 unspecified atom stereocenters. The molecule has 0 fully saturated rings. The highest BCUT2D eigenvalue weighted by Crippen LogP contribution is 2.09. The third-order valence-corrected chi connectivity index (χ3v) is 3.25. The van der Waals surface area contributed by atoms with E-state index >= 15 is 0 Å². The molecule has 0 atom stereocenters. The Morgan fingerprint density at radius 2 is 2.08 bits per heavy atom. The van der Waals surface area contributed by atoms with Crippen LogP contribution in [0.2, 0.25) is 0 Å². The van der Waals surface area contributed by atoms with Crippen LogP contribution in [0.5, 0.6) is 0 Å². The number of aromatic amines is 1. The molecule has 124 valence electrons. The summed E-state index contributed by atoms with van der Waals surface area (Å²) in [6.07, 6.45) is 0.442. The average molecular weight is 327 g/mol. The van der Waals surface area contributed by atoms with E-state index < -0.39 is 11.2 Å². The van der Waals surface area contributed by atoms with Crippen LogP contribution in [-0.2, 0) is 18.4 Å². The Balaban J connectivity index is 2.50. The second-order valence-electron chi connectivity index (χ2n) is 4.97. The molecule has 8 nitrogen and oxygen atoms in total. The summed E-state index contributed by atoms with van der Waals surface area (Å²) in [6, 6.07) is 0. The number of nitrogens with zero attached hydrogens (tertiary/aromatic N) is 3. The summed E-state index contributed by atoms with van der Waals surface area (Å²) >= 11 is 0. The van der Waals surface area contributed by atoms with Crippen LogP contribution in [0.1, 0.15) is 26.1 Å². The van der Waals surface area contributed by atoms with Crippen LogP contribution in [0.3, 0.4) is 0 Å². The lowest BCUT2D eigenvalue weighted by molar-refractivity contribution is -0.118. The van der Waals surface area contributed by atoms with E-state index in [1.165, 1.54) is 18.5 Å². The van der Waals surface area contributed by atoms with Crippen molar-refractivity contribution in [2.45, 2.75) is 26.8 Å². The summed E-state index contributed by atoms with van der Waals surface area (Å²) in [5.74, 6) is 11.6. The first-order chi connectivity index (χ1) is 11.5. The summed E-state index contributed by atoms with van der Waals surface area (Å²) in [6.45, 7) is 3.79. The zero-order valence-electron chi connectivity index (χ0n) is 13.7. The van der Waals surface area contributed by atoms with Crippen molar-refractivity contribution in [3.63, 3.8) is 0 Å². The SMILES string of the molecule is CC#CCn1c(C#CCCNC(C)=O)nc2c1c(=O)[nH]c(=O)n2C. The van der Waals surface area contributed by atoms with Gasteiger partial charge >= 0.3 is 5.69 Å². The molecule has 0 saturated carbocycles. The highest BCUT2D eigenvalue weighted by molar-refractivity contribution is 5.73. The minimum absolute atomic E-state index is 0.121. The van der Waals surface area contributed by atoms with E-state index in [4.69, 9.17) is 0 Å². The average Bonchev–Trinajstić information content (AvgIpc) is 2.89. The first-order valence-electron chi connectivity index (χ1n) is 7.28. The van der Waals surface area contributed by atoms with Crippen molar-refractivity contribution >= 4 is 17.1 Å². The lowest BCUT2D eigenvalue weighted by Crippen LogP contribution is -2.29. The highest BCUT2D eigenvalue weighted by atomic mass is 16.2. The normalized spacial score (nSPS) is 9.79. The Kier molecular flexibility index (Phi) is 5.23. The number of H-pyrrole nitrogens is 1. The first kappa shape index (κ1) is 17.1. The van der Waals surface area contributed by atoms with E-state index in [9.17, 15) is 14.4 Å². The Morgan fingerprint density at radius 1 is 1.33 bits per heavy atom. The largest absolute Gasteiger partial charge is 0.355 e. The van der Waals surface area contributed by atoms with Crippen LogP contribution in [0.25, 0.3) is 11.2 Å². The fraction of sp³-hybridized carbons (Fsp3) is 0.375. The second kappa shape index (κ2) is 7.34. The number of carbonyl (C=O) groups excluding carboxylic acids is 1. The van der Waals surface area contributed by atoms with Crippen LogP contribution in [0.4, 0.5) is 0 Å². The van der Waals surface area contributed by atoms with Crippen molar-refractivity contribution in [3.8, 4) is 23.7 Å². The monoisotopic (exact) mass is 327 g/mol. The summed E-state index contributed by atoms with van der Waals surface area (Å²) < 4.78 is 2.84. The predicted molar refractivity (Wildman–Crippen MR) is 89.2 cm³/mol. The smallest absolute Gasteiger partial charge is 0.329 e. The molecule has 8 heteroatoms. The number of hydrogen-bond donors (Lipinski definition) is 2. The molecule has 0 saturated heterocycles. The Hall–Kier alpha value is -3.26. The Morgan fingerprint density at radius 3 is 2.75 bits per heavy atom. The van der Waals surface area contributed by atoms with Gasteiger partial charge in [0.05, 0.1) is 6.54 Å². The third-order valence-electron chi connectivity index (χ3n) is 3.25. The molecule has 0 radical (unpaired) electrons. The second-order valence-corrected chi connectivity index (χ2v) is 4.97. The molecular formula is C16H17N5O3.